The summed E-state index contributed by atoms with van der Waals surface area (Å²) in [6.07, 6.45) is 0.302. The number of rotatable bonds is 7. The summed E-state index contributed by atoms with van der Waals surface area (Å²) >= 11 is 0. The van der Waals surface area contributed by atoms with E-state index in [2.05, 4.69) is 10.1 Å². The third-order valence-electron chi connectivity index (χ3n) is 3.06. The highest BCUT2D eigenvalue weighted by atomic mass is 16.5. The van der Waals surface area contributed by atoms with E-state index in [1.54, 1.807) is 0 Å². The summed E-state index contributed by atoms with van der Waals surface area (Å²) in [6.45, 7) is 4.55. The van der Waals surface area contributed by atoms with Crippen LogP contribution in [0.3, 0.4) is 0 Å². The fourth-order valence-electron chi connectivity index (χ4n) is 2.02. The summed E-state index contributed by atoms with van der Waals surface area (Å²) in [5.74, 6) is 0.971. The molecule has 1 aromatic heterocycles. The molecular formula is C15H20N2O3. The zero-order valence-corrected chi connectivity index (χ0v) is 11.8. The summed E-state index contributed by atoms with van der Waals surface area (Å²) in [4.78, 5) is 4.30. The lowest BCUT2D eigenvalue weighted by atomic mass is 10.1. The number of aliphatic hydroxyl groups is 1. The van der Waals surface area contributed by atoms with Crippen molar-refractivity contribution in [2.24, 2.45) is 0 Å². The van der Waals surface area contributed by atoms with Gasteiger partial charge in [0.2, 0.25) is 11.7 Å². The first-order valence-corrected chi connectivity index (χ1v) is 6.91. The van der Waals surface area contributed by atoms with Gasteiger partial charge in [-0.25, -0.2) is 0 Å². The van der Waals surface area contributed by atoms with Gasteiger partial charge < -0.3 is 14.4 Å². The van der Waals surface area contributed by atoms with E-state index in [0.717, 1.165) is 12.0 Å². The van der Waals surface area contributed by atoms with E-state index in [-0.39, 0.29) is 6.10 Å². The lowest BCUT2D eigenvalue weighted by molar-refractivity contribution is 0.0518. The third-order valence-corrected chi connectivity index (χ3v) is 3.06. The Hall–Kier alpha value is -1.72. The van der Waals surface area contributed by atoms with Gasteiger partial charge in [0.1, 0.15) is 6.10 Å². The molecule has 2 unspecified atom stereocenters. The highest BCUT2D eigenvalue weighted by molar-refractivity contribution is 5.18. The van der Waals surface area contributed by atoms with Crippen molar-refractivity contribution in [1.29, 1.82) is 0 Å². The van der Waals surface area contributed by atoms with Crippen molar-refractivity contribution in [3.8, 4) is 0 Å². The molecule has 0 amide bonds. The van der Waals surface area contributed by atoms with Gasteiger partial charge in [-0.2, -0.15) is 4.98 Å². The molecule has 2 aromatic rings. The highest BCUT2D eigenvalue weighted by Gasteiger charge is 2.19. The molecule has 0 spiro atoms. The molecule has 1 aromatic carbocycles. The minimum absolute atomic E-state index is 0.147. The lowest BCUT2D eigenvalue weighted by Crippen LogP contribution is -2.06. The number of hydrogen-bond acceptors (Lipinski definition) is 5. The van der Waals surface area contributed by atoms with Crippen LogP contribution in [0.2, 0.25) is 0 Å². The molecule has 0 aliphatic carbocycles. The van der Waals surface area contributed by atoms with E-state index in [1.807, 2.05) is 44.2 Å². The van der Waals surface area contributed by atoms with E-state index in [4.69, 9.17) is 9.26 Å². The Bertz CT molecular complexity index is 513. The van der Waals surface area contributed by atoms with Crippen LogP contribution in [0.15, 0.2) is 34.9 Å². The van der Waals surface area contributed by atoms with Gasteiger partial charge in [0, 0.05) is 6.61 Å². The molecule has 2 rings (SSSR count). The smallest absolute Gasteiger partial charge is 0.229 e. The zero-order valence-electron chi connectivity index (χ0n) is 11.8. The second-order valence-electron chi connectivity index (χ2n) is 4.53. The number of ether oxygens (including phenoxy) is 1. The van der Waals surface area contributed by atoms with Gasteiger partial charge in [0.15, 0.2) is 0 Å². The fraction of sp³-hybridized carbons (Fsp3) is 0.467. The van der Waals surface area contributed by atoms with Crippen LogP contribution in [-0.4, -0.2) is 21.9 Å². The largest absolute Gasteiger partial charge is 0.388 e. The molecule has 2 atom stereocenters. The third kappa shape index (κ3) is 3.65. The monoisotopic (exact) mass is 276 g/mol. The Morgan fingerprint density at radius 3 is 2.65 bits per heavy atom. The summed E-state index contributed by atoms with van der Waals surface area (Å²) in [5.41, 5.74) is 0.837. The molecular weight excluding hydrogens is 256 g/mol. The summed E-state index contributed by atoms with van der Waals surface area (Å²) in [7, 11) is 0. The molecule has 1 heterocycles. The van der Waals surface area contributed by atoms with E-state index >= 15 is 0 Å². The Labute approximate surface area is 118 Å². The maximum Gasteiger partial charge on any atom is 0.229 e. The van der Waals surface area contributed by atoms with E-state index in [9.17, 15) is 5.11 Å². The molecule has 5 nitrogen and oxygen atoms in total. The average molecular weight is 276 g/mol. The maximum absolute atomic E-state index is 10.1. The summed E-state index contributed by atoms with van der Waals surface area (Å²) < 4.78 is 10.7. The van der Waals surface area contributed by atoms with Crippen LogP contribution in [0.1, 0.15) is 49.8 Å². The Morgan fingerprint density at radius 1 is 1.25 bits per heavy atom. The second kappa shape index (κ2) is 7.17. The molecule has 0 aliphatic heterocycles. The van der Waals surface area contributed by atoms with Crippen molar-refractivity contribution in [3.63, 3.8) is 0 Å². The molecule has 0 saturated carbocycles. The van der Waals surface area contributed by atoms with Crippen LogP contribution in [0, 0.1) is 0 Å². The Kier molecular flexibility index (Phi) is 5.26. The van der Waals surface area contributed by atoms with Crippen molar-refractivity contribution < 1.29 is 14.4 Å². The predicted molar refractivity (Wildman–Crippen MR) is 74.1 cm³/mol. The van der Waals surface area contributed by atoms with Crippen LogP contribution in [0.4, 0.5) is 0 Å². The van der Waals surface area contributed by atoms with Crippen LogP contribution in [-0.2, 0) is 11.2 Å². The van der Waals surface area contributed by atoms with Crippen LogP contribution >= 0.6 is 0 Å². The lowest BCUT2D eigenvalue weighted by Gasteiger charge is -2.09. The molecule has 1 N–H and O–H groups in total. The molecule has 20 heavy (non-hydrogen) atoms. The first-order chi connectivity index (χ1) is 9.74. The van der Waals surface area contributed by atoms with Crippen molar-refractivity contribution in [1.82, 2.24) is 10.1 Å². The van der Waals surface area contributed by atoms with Crippen molar-refractivity contribution >= 4 is 0 Å². The number of aromatic nitrogens is 2. The summed E-state index contributed by atoms with van der Waals surface area (Å²) in [5, 5.41) is 14.1. The van der Waals surface area contributed by atoms with Crippen LogP contribution in [0.25, 0.3) is 0 Å². The maximum atomic E-state index is 10.1. The normalized spacial score (nSPS) is 14.2. The fourth-order valence-corrected chi connectivity index (χ4v) is 2.02. The molecule has 108 valence electrons. The standard InChI is InChI=1S/C15H20N2O3/c1-3-13(19-4-2)15-16-14(20-17-15)10-12(18)11-8-6-5-7-9-11/h5-9,12-13,18H,3-4,10H2,1-2H3. The molecule has 5 heteroatoms. The number of hydrogen-bond donors (Lipinski definition) is 1. The SMILES string of the molecule is CCOC(CC)c1noc(CC(O)c2ccccc2)n1. The van der Waals surface area contributed by atoms with Gasteiger partial charge in [0.05, 0.1) is 12.5 Å². The van der Waals surface area contributed by atoms with Gasteiger partial charge in [0.25, 0.3) is 0 Å². The Morgan fingerprint density at radius 2 is 2.00 bits per heavy atom. The van der Waals surface area contributed by atoms with E-state index < -0.39 is 6.10 Å². The molecule has 0 saturated heterocycles. The van der Waals surface area contributed by atoms with Crippen LogP contribution < -0.4 is 0 Å². The minimum Gasteiger partial charge on any atom is -0.388 e. The van der Waals surface area contributed by atoms with E-state index in [1.165, 1.54) is 0 Å². The van der Waals surface area contributed by atoms with Gasteiger partial charge in [-0.3, -0.25) is 0 Å². The summed E-state index contributed by atoms with van der Waals surface area (Å²) in [6, 6.07) is 9.43. The number of nitrogens with zero attached hydrogens (tertiary/aromatic N) is 2. The molecule has 0 fully saturated rings. The molecule has 0 bridgehead atoms. The van der Waals surface area contributed by atoms with Crippen molar-refractivity contribution in [2.45, 2.75) is 38.9 Å². The number of benzene rings is 1. The van der Waals surface area contributed by atoms with Gasteiger partial charge in [-0.15, -0.1) is 0 Å². The molecule has 0 radical (unpaired) electrons. The zero-order chi connectivity index (χ0) is 14.4. The quantitative estimate of drug-likeness (QED) is 0.842. The van der Waals surface area contributed by atoms with Gasteiger partial charge in [-0.05, 0) is 18.9 Å². The average Bonchev–Trinajstić information content (AvgIpc) is 2.94. The van der Waals surface area contributed by atoms with Crippen molar-refractivity contribution in [3.05, 3.63) is 47.6 Å². The van der Waals surface area contributed by atoms with E-state index in [0.29, 0.717) is 24.7 Å². The first-order valence-electron chi connectivity index (χ1n) is 6.91. The Balaban J connectivity index is 2.02. The van der Waals surface area contributed by atoms with Gasteiger partial charge in [-0.1, -0.05) is 42.4 Å². The van der Waals surface area contributed by atoms with Gasteiger partial charge >= 0.3 is 0 Å². The van der Waals surface area contributed by atoms with Crippen LogP contribution in [0.5, 0.6) is 0 Å². The predicted octanol–water partition coefficient (Wildman–Crippen LogP) is 2.83. The molecule has 0 aliphatic rings. The second-order valence-corrected chi connectivity index (χ2v) is 4.53. The topological polar surface area (TPSA) is 68.4 Å². The highest BCUT2D eigenvalue weighted by Crippen LogP contribution is 2.21. The minimum atomic E-state index is -0.642. The number of aliphatic hydroxyl groups excluding tert-OH is 1. The van der Waals surface area contributed by atoms with Crippen molar-refractivity contribution in [2.75, 3.05) is 6.61 Å². The first kappa shape index (κ1) is 14.7.